The number of hydrogen-bond acceptors (Lipinski definition) is 4. The molecule has 3 aromatic rings. The maximum absolute atomic E-state index is 12.3. The molecule has 1 heterocycles. The summed E-state index contributed by atoms with van der Waals surface area (Å²) < 4.78 is 10.6. The van der Waals surface area contributed by atoms with Crippen molar-refractivity contribution in [1.82, 2.24) is 0 Å². The minimum Gasteiger partial charge on any atom is -0.507 e. The van der Waals surface area contributed by atoms with Crippen molar-refractivity contribution < 1.29 is 14.3 Å². The van der Waals surface area contributed by atoms with Gasteiger partial charge in [0.25, 0.3) is 0 Å². The second-order valence-corrected chi connectivity index (χ2v) is 4.72. The highest BCUT2D eigenvalue weighted by molar-refractivity contribution is 5.76. The van der Waals surface area contributed by atoms with Gasteiger partial charge in [0.2, 0.25) is 0 Å². The monoisotopic (exact) mass is 294 g/mol. The maximum Gasteiger partial charge on any atom is 0.348 e. The van der Waals surface area contributed by atoms with Crippen molar-refractivity contribution in [1.29, 1.82) is 0 Å². The van der Waals surface area contributed by atoms with Crippen LogP contribution in [0.3, 0.4) is 0 Å². The molecule has 3 rings (SSSR count). The Morgan fingerprint density at radius 3 is 2.36 bits per heavy atom. The van der Waals surface area contributed by atoms with E-state index in [9.17, 15) is 9.90 Å². The fraction of sp³-hybridized carbons (Fsp3) is 0.0556. The van der Waals surface area contributed by atoms with Gasteiger partial charge >= 0.3 is 5.63 Å². The first-order chi connectivity index (χ1) is 10.7. The topological polar surface area (TPSA) is 59.7 Å². The van der Waals surface area contributed by atoms with Crippen LogP contribution in [-0.2, 0) is 0 Å². The first kappa shape index (κ1) is 13.9. The number of rotatable bonds is 3. The number of para-hydroxylation sites is 1. The Balaban J connectivity index is 2.18. The molecule has 1 aromatic heterocycles. The molecule has 0 radical (unpaired) electrons. The zero-order valence-corrected chi connectivity index (χ0v) is 11.9. The van der Waals surface area contributed by atoms with Crippen molar-refractivity contribution >= 4 is 0 Å². The highest BCUT2D eigenvalue weighted by atomic mass is 16.5. The molecule has 0 fully saturated rings. The summed E-state index contributed by atoms with van der Waals surface area (Å²) in [5.41, 5.74) is 0.706. The molecular weight excluding hydrogens is 280 g/mol. The van der Waals surface area contributed by atoms with Crippen LogP contribution in [0.15, 0.2) is 69.9 Å². The molecule has 0 saturated carbocycles. The van der Waals surface area contributed by atoms with Crippen LogP contribution in [0.25, 0.3) is 22.5 Å². The van der Waals surface area contributed by atoms with E-state index in [-0.39, 0.29) is 11.3 Å². The van der Waals surface area contributed by atoms with E-state index < -0.39 is 5.63 Å². The molecule has 0 atom stereocenters. The van der Waals surface area contributed by atoms with Gasteiger partial charge in [-0.25, -0.2) is 4.79 Å². The maximum atomic E-state index is 12.3. The SMILES string of the molecule is COc1ccccc1-c1c(O)cc(-c2ccccc2)oc1=O. The summed E-state index contributed by atoms with van der Waals surface area (Å²) in [6.07, 6.45) is 0. The molecule has 110 valence electrons. The number of ether oxygens (including phenoxy) is 1. The van der Waals surface area contributed by atoms with Crippen LogP contribution in [-0.4, -0.2) is 12.2 Å². The van der Waals surface area contributed by atoms with E-state index in [2.05, 4.69) is 0 Å². The summed E-state index contributed by atoms with van der Waals surface area (Å²) in [6, 6.07) is 17.6. The molecule has 1 N–H and O–H groups in total. The fourth-order valence-electron chi connectivity index (χ4n) is 2.33. The summed E-state index contributed by atoms with van der Waals surface area (Å²) >= 11 is 0. The van der Waals surface area contributed by atoms with Gasteiger partial charge in [-0.1, -0.05) is 48.5 Å². The van der Waals surface area contributed by atoms with Crippen molar-refractivity contribution in [2.75, 3.05) is 7.11 Å². The van der Waals surface area contributed by atoms with E-state index in [1.165, 1.54) is 13.2 Å². The third-order valence-corrected chi connectivity index (χ3v) is 3.37. The van der Waals surface area contributed by atoms with Crippen molar-refractivity contribution in [3.05, 3.63) is 71.1 Å². The van der Waals surface area contributed by atoms with Gasteiger partial charge in [-0.2, -0.15) is 0 Å². The number of benzene rings is 2. The average Bonchev–Trinajstić information content (AvgIpc) is 2.55. The van der Waals surface area contributed by atoms with Gasteiger partial charge in [0.05, 0.1) is 7.11 Å². The number of aromatic hydroxyl groups is 1. The highest BCUT2D eigenvalue weighted by Gasteiger charge is 2.17. The molecule has 0 aliphatic heterocycles. The Hall–Kier alpha value is -3.01. The second kappa shape index (κ2) is 5.77. The Kier molecular flexibility index (Phi) is 3.66. The van der Waals surface area contributed by atoms with E-state index in [0.29, 0.717) is 17.1 Å². The van der Waals surface area contributed by atoms with Crippen LogP contribution in [0.1, 0.15) is 0 Å². The summed E-state index contributed by atoms with van der Waals surface area (Å²) in [4.78, 5) is 12.3. The van der Waals surface area contributed by atoms with Gasteiger partial charge in [0.15, 0.2) is 0 Å². The van der Waals surface area contributed by atoms with Gasteiger partial charge < -0.3 is 14.3 Å². The summed E-state index contributed by atoms with van der Waals surface area (Å²) in [7, 11) is 1.51. The van der Waals surface area contributed by atoms with E-state index in [1.807, 2.05) is 18.2 Å². The van der Waals surface area contributed by atoms with Gasteiger partial charge in [-0.05, 0) is 6.07 Å². The predicted octanol–water partition coefficient (Wildman–Crippen LogP) is 3.69. The summed E-state index contributed by atoms with van der Waals surface area (Å²) in [6.45, 7) is 0. The molecule has 0 bridgehead atoms. The van der Waals surface area contributed by atoms with Gasteiger partial charge in [0, 0.05) is 17.2 Å². The lowest BCUT2D eigenvalue weighted by molar-refractivity contribution is 0.414. The lowest BCUT2D eigenvalue weighted by Gasteiger charge is -2.09. The molecule has 0 amide bonds. The molecule has 2 aromatic carbocycles. The molecule has 4 nitrogen and oxygen atoms in total. The Labute approximate surface area is 127 Å². The molecule has 0 saturated heterocycles. The lowest BCUT2D eigenvalue weighted by atomic mass is 10.0. The Morgan fingerprint density at radius 1 is 1.00 bits per heavy atom. The van der Waals surface area contributed by atoms with Crippen LogP contribution in [0.4, 0.5) is 0 Å². The third-order valence-electron chi connectivity index (χ3n) is 3.37. The van der Waals surface area contributed by atoms with Crippen molar-refractivity contribution in [3.63, 3.8) is 0 Å². The number of methoxy groups -OCH3 is 1. The molecule has 22 heavy (non-hydrogen) atoms. The smallest absolute Gasteiger partial charge is 0.348 e. The summed E-state index contributed by atoms with van der Waals surface area (Å²) in [5.74, 6) is 0.680. The molecular formula is C18H14O4. The molecule has 0 spiro atoms. The van der Waals surface area contributed by atoms with Crippen LogP contribution in [0.2, 0.25) is 0 Å². The van der Waals surface area contributed by atoms with Gasteiger partial charge in [-0.15, -0.1) is 0 Å². The predicted molar refractivity (Wildman–Crippen MR) is 84.1 cm³/mol. The van der Waals surface area contributed by atoms with Crippen molar-refractivity contribution in [3.8, 4) is 33.9 Å². The highest BCUT2D eigenvalue weighted by Crippen LogP contribution is 2.35. The van der Waals surface area contributed by atoms with Gasteiger partial charge in [0.1, 0.15) is 22.8 Å². The Morgan fingerprint density at radius 2 is 1.68 bits per heavy atom. The van der Waals surface area contributed by atoms with Gasteiger partial charge in [-0.3, -0.25) is 0 Å². The minimum absolute atomic E-state index is 0.0946. The first-order valence-corrected chi connectivity index (χ1v) is 6.76. The van der Waals surface area contributed by atoms with E-state index >= 15 is 0 Å². The number of hydrogen-bond donors (Lipinski definition) is 1. The zero-order valence-electron chi connectivity index (χ0n) is 11.9. The van der Waals surface area contributed by atoms with E-state index in [1.54, 1.807) is 36.4 Å². The normalized spacial score (nSPS) is 10.4. The molecule has 4 heteroatoms. The average molecular weight is 294 g/mol. The van der Waals surface area contributed by atoms with Crippen LogP contribution < -0.4 is 10.4 Å². The van der Waals surface area contributed by atoms with Crippen molar-refractivity contribution in [2.45, 2.75) is 0 Å². The molecule has 0 aliphatic rings. The third kappa shape index (κ3) is 2.46. The van der Waals surface area contributed by atoms with Crippen molar-refractivity contribution in [2.24, 2.45) is 0 Å². The van der Waals surface area contributed by atoms with Crippen LogP contribution in [0, 0.1) is 0 Å². The second-order valence-electron chi connectivity index (χ2n) is 4.72. The zero-order chi connectivity index (χ0) is 15.5. The molecule has 0 aliphatic carbocycles. The standard InChI is InChI=1S/C18H14O4/c1-21-15-10-6-5-9-13(15)17-14(19)11-16(22-18(17)20)12-7-3-2-4-8-12/h2-11,19H,1H3. The van der Waals surface area contributed by atoms with E-state index in [0.717, 1.165) is 5.56 Å². The first-order valence-electron chi connectivity index (χ1n) is 6.76. The fourth-order valence-corrected chi connectivity index (χ4v) is 2.33. The van der Waals surface area contributed by atoms with Crippen LogP contribution in [0.5, 0.6) is 11.5 Å². The van der Waals surface area contributed by atoms with Crippen LogP contribution >= 0.6 is 0 Å². The molecule has 0 unspecified atom stereocenters. The quantitative estimate of drug-likeness (QED) is 0.800. The summed E-state index contributed by atoms with van der Waals surface area (Å²) in [5, 5.41) is 10.3. The largest absolute Gasteiger partial charge is 0.507 e. The minimum atomic E-state index is -0.608. The van der Waals surface area contributed by atoms with E-state index in [4.69, 9.17) is 9.15 Å². The lowest BCUT2D eigenvalue weighted by Crippen LogP contribution is -2.05. The Bertz CT molecular complexity index is 850.